The van der Waals surface area contributed by atoms with Gasteiger partial charge in [0.15, 0.2) is 5.79 Å². The second kappa shape index (κ2) is 5.61. The molecule has 27 heavy (non-hydrogen) atoms. The van der Waals surface area contributed by atoms with Crippen LogP contribution < -0.4 is 0 Å². The maximum absolute atomic E-state index is 10.2. The molecule has 0 amide bonds. The van der Waals surface area contributed by atoms with Crippen LogP contribution in [0.3, 0.4) is 0 Å². The monoisotopic (exact) mass is 374 g/mol. The van der Waals surface area contributed by atoms with E-state index in [1.165, 1.54) is 32.1 Å². The maximum atomic E-state index is 10.2. The van der Waals surface area contributed by atoms with Gasteiger partial charge < -0.3 is 14.6 Å². The Morgan fingerprint density at radius 1 is 1.00 bits per heavy atom. The molecule has 1 N–H and O–H groups in total. The fraction of sp³-hybridized carbons (Fsp3) is 0.917. The van der Waals surface area contributed by atoms with Crippen molar-refractivity contribution in [2.24, 2.45) is 28.6 Å². The van der Waals surface area contributed by atoms with E-state index in [4.69, 9.17) is 9.47 Å². The zero-order valence-corrected chi connectivity index (χ0v) is 17.9. The molecule has 0 aromatic rings. The third kappa shape index (κ3) is 2.31. The van der Waals surface area contributed by atoms with Crippen LogP contribution in [0.25, 0.3) is 0 Å². The minimum absolute atomic E-state index is 0.111. The highest BCUT2D eigenvalue weighted by Gasteiger charge is 2.69. The number of ether oxygens (including phenoxy) is 2. The highest BCUT2D eigenvalue weighted by molar-refractivity contribution is 5.27. The van der Waals surface area contributed by atoms with Crippen molar-refractivity contribution < 1.29 is 14.6 Å². The van der Waals surface area contributed by atoms with Crippen molar-refractivity contribution in [1.82, 2.24) is 0 Å². The fourth-order valence-electron chi connectivity index (χ4n) is 8.58. The summed E-state index contributed by atoms with van der Waals surface area (Å²) >= 11 is 0. The first-order valence-corrected chi connectivity index (χ1v) is 11.4. The summed E-state index contributed by atoms with van der Waals surface area (Å²) in [5, 5.41) is 10.2. The third-order valence-electron chi connectivity index (χ3n) is 9.81. The number of aliphatic hydroxyl groups excluding tert-OH is 1. The molecule has 8 unspecified atom stereocenters. The first kappa shape index (κ1) is 18.6. The van der Waals surface area contributed by atoms with Crippen LogP contribution in [0.1, 0.15) is 86.0 Å². The molecule has 3 heteroatoms. The van der Waals surface area contributed by atoms with Crippen LogP contribution in [-0.4, -0.2) is 28.7 Å². The largest absolute Gasteiger partial charge is 0.393 e. The molecule has 5 rings (SSSR count). The molecular weight excluding hydrogens is 336 g/mol. The van der Waals surface area contributed by atoms with E-state index in [1.807, 2.05) is 0 Å². The molecular formula is C24H38O3. The van der Waals surface area contributed by atoms with Gasteiger partial charge in [-0.15, -0.1) is 0 Å². The Balaban J connectivity index is 1.49. The van der Waals surface area contributed by atoms with Gasteiger partial charge in [0.2, 0.25) is 0 Å². The van der Waals surface area contributed by atoms with Gasteiger partial charge in [-0.1, -0.05) is 25.5 Å². The smallest absolute Gasteiger partial charge is 0.164 e. The Morgan fingerprint density at radius 3 is 2.44 bits per heavy atom. The maximum Gasteiger partial charge on any atom is 0.164 e. The van der Waals surface area contributed by atoms with E-state index >= 15 is 0 Å². The van der Waals surface area contributed by atoms with E-state index in [0.717, 1.165) is 37.0 Å². The zero-order valence-electron chi connectivity index (χ0n) is 17.9. The lowest BCUT2D eigenvalue weighted by Gasteiger charge is -2.59. The second-order valence-corrected chi connectivity index (χ2v) is 11.3. The Kier molecular flexibility index (Phi) is 3.87. The number of rotatable bonds is 0. The quantitative estimate of drug-likeness (QED) is 0.591. The third-order valence-corrected chi connectivity index (χ3v) is 9.81. The molecule has 152 valence electrons. The lowest BCUT2D eigenvalue weighted by Crippen LogP contribution is -2.57. The molecule has 5 aliphatic rings. The van der Waals surface area contributed by atoms with Gasteiger partial charge in [0.1, 0.15) is 5.60 Å². The van der Waals surface area contributed by atoms with Gasteiger partial charge in [0, 0.05) is 5.41 Å². The summed E-state index contributed by atoms with van der Waals surface area (Å²) in [6.45, 7) is 11.5. The van der Waals surface area contributed by atoms with Crippen molar-refractivity contribution in [3.63, 3.8) is 0 Å². The molecule has 0 aromatic carbocycles. The Hall–Kier alpha value is -0.380. The summed E-state index contributed by atoms with van der Waals surface area (Å²) in [7, 11) is 0. The van der Waals surface area contributed by atoms with Gasteiger partial charge in [0.05, 0.1) is 12.2 Å². The van der Waals surface area contributed by atoms with Crippen molar-refractivity contribution in [2.45, 2.75) is 110 Å². The minimum Gasteiger partial charge on any atom is -0.393 e. The SMILES string of the molecule is CC1OC(C)(C)OC12CCC1C3CC=C4CC(O)CCC4(C)C3CCC12C. The van der Waals surface area contributed by atoms with Gasteiger partial charge in [0.25, 0.3) is 0 Å². The van der Waals surface area contributed by atoms with Crippen molar-refractivity contribution in [3.8, 4) is 0 Å². The summed E-state index contributed by atoms with van der Waals surface area (Å²) in [6.07, 6.45) is 11.8. The molecule has 1 spiro atoms. The average molecular weight is 375 g/mol. The number of hydrogen-bond acceptors (Lipinski definition) is 3. The number of hydrogen-bond donors (Lipinski definition) is 1. The van der Waals surface area contributed by atoms with Crippen molar-refractivity contribution in [1.29, 1.82) is 0 Å². The van der Waals surface area contributed by atoms with Gasteiger partial charge >= 0.3 is 0 Å². The van der Waals surface area contributed by atoms with Crippen LogP contribution in [0.15, 0.2) is 11.6 Å². The fourth-order valence-corrected chi connectivity index (χ4v) is 8.58. The van der Waals surface area contributed by atoms with Gasteiger partial charge in [-0.25, -0.2) is 0 Å². The summed E-state index contributed by atoms with van der Waals surface area (Å²) < 4.78 is 13.0. The summed E-state index contributed by atoms with van der Waals surface area (Å²) in [6, 6.07) is 0. The molecule has 4 fully saturated rings. The standard InChI is InChI=1S/C24H38O3/c1-15-24(27-21(2,3)26-15)13-10-20-18-7-6-16-14-17(25)8-11-22(16,4)19(18)9-12-23(20,24)5/h6,15,17-20,25H,7-14H2,1-5H3. The normalized spacial score (nSPS) is 56.4. The minimum atomic E-state index is -0.459. The Labute approximate surface area is 164 Å². The molecule has 3 saturated carbocycles. The van der Waals surface area contributed by atoms with E-state index in [1.54, 1.807) is 5.57 Å². The molecule has 0 radical (unpaired) electrons. The second-order valence-electron chi connectivity index (χ2n) is 11.3. The van der Waals surface area contributed by atoms with Crippen molar-refractivity contribution in [2.75, 3.05) is 0 Å². The van der Waals surface area contributed by atoms with Crippen LogP contribution in [0.4, 0.5) is 0 Å². The van der Waals surface area contributed by atoms with Gasteiger partial charge in [-0.2, -0.15) is 0 Å². The van der Waals surface area contributed by atoms with Crippen LogP contribution in [-0.2, 0) is 9.47 Å². The Morgan fingerprint density at radius 2 is 1.74 bits per heavy atom. The molecule has 1 aliphatic heterocycles. The van der Waals surface area contributed by atoms with Crippen LogP contribution in [0.2, 0.25) is 0 Å². The first-order valence-electron chi connectivity index (χ1n) is 11.4. The molecule has 4 aliphatic carbocycles. The molecule has 8 atom stereocenters. The summed E-state index contributed by atoms with van der Waals surface area (Å²) in [5.74, 6) is 1.83. The summed E-state index contributed by atoms with van der Waals surface area (Å²) in [4.78, 5) is 0. The van der Waals surface area contributed by atoms with E-state index in [0.29, 0.717) is 5.41 Å². The first-order chi connectivity index (χ1) is 12.6. The lowest BCUT2D eigenvalue weighted by atomic mass is 9.46. The highest BCUT2D eigenvalue weighted by atomic mass is 16.8. The predicted octanol–water partition coefficient (Wildman–Crippen LogP) is 5.22. The van der Waals surface area contributed by atoms with Crippen molar-refractivity contribution >= 4 is 0 Å². The van der Waals surface area contributed by atoms with Crippen LogP contribution in [0, 0.1) is 28.6 Å². The molecule has 0 bridgehead atoms. The number of aliphatic hydroxyl groups is 1. The van der Waals surface area contributed by atoms with E-state index in [2.05, 4.69) is 40.7 Å². The average Bonchev–Trinajstić information content (AvgIpc) is 3.01. The molecule has 3 nitrogen and oxygen atoms in total. The predicted molar refractivity (Wildman–Crippen MR) is 106 cm³/mol. The zero-order chi connectivity index (χ0) is 19.2. The molecule has 0 aromatic heterocycles. The Bertz CT molecular complexity index is 669. The van der Waals surface area contributed by atoms with E-state index < -0.39 is 5.79 Å². The van der Waals surface area contributed by atoms with E-state index in [9.17, 15) is 5.11 Å². The summed E-state index contributed by atoms with van der Waals surface area (Å²) in [5.41, 5.74) is 1.99. The molecule has 1 heterocycles. The lowest BCUT2D eigenvalue weighted by molar-refractivity contribution is -0.197. The van der Waals surface area contributed by atoms with E-state index in [-0.39, 0.29) is 23.2 Å². The van der Waals surface area contributed by atoms with Crippen LogP contribution >= 0.6 is 0 Å². The molecule has 1 saturated heterocycles. The van der Waals surface area contributed by atoms with Crippen molar-refractivity contribution in [3.05, 3.63) is 11.6 Å². The van der Waals surface area contributed by atoms with Gasteiger partial charge in [-0.05, 0) is 95.3 Å². The number of allylic oxidation sites excluding steroid dienone is 1. The number of fused-ring (bicyclic) bond motifs is 6. The van der Waals surface area contributed by atoms with Crippen LogP contribution in [0.5, 0.6) is 0 Å². The highest BCUT2D eigenvalue weighted by Crippen LogP contribution is 2.70. The topological polar surface area (TPSA) is 38.7 Å². The van der Waals surface area contributed by atoms with Gasteiger partial charge in [-0.3, -0.25) is 0 Å².